The summed E-state index contributed by atoms with van der Waals surface area (Å²) >= 11 is 0. The Morgan fingerprint density at radius 2 is 2.04 bits per heavy atom. The predicted octanol–water partition coefficient (Wildman–Crippen LogP) is 5.32. The number of carboxylic acid groups (broad SMARTS) is 1. The SMILES string of the molecule is C=C(c1ccc(C(=O)O)cn1)c1cc2c(cc1C)C(C)(C)CCC2C. The minimum absolute atomic E-state index is 0.189. The molecule has 0 radical (unpaired) electrons. The number of fused-ring (bicyclic) bond motifs is 1. The first-order chi connectivity index (χ1) is 11.7. The first kappa shape index (κ1) is 17.4. The molecule has 0 fully saturated rings. The van der Waals surface area contributed by atoms with E-state index in [2.05, 4.69) is 51.4 Å². The Balaban J connectivity index is 2.04. The van der Waals surface area contributed by atoms with Crippen LogP contribution in [0.2, 0.25) is 0 Å². The Kier molecular flexibility index (Phi) is 4.28. The molecule has 0 saturated heterocycles. The highest BCUT2D eigenvalue weighted by Gasteiger charge is 2.31. The van der Waals surface area contributed by atoms with E-state index in [4.69, 9.17) is 5.11 Å². The summed E-state index contributed by atoms with van der Waals surface area (Å²) in [6, 6.07) is 7.88. The van der Waals surface area contributed by atoms with Crippen molar-refractivity contribution in [2.45, 2.75) is 51.9 Å². The van der Waals surface area contributed by atoms with Gasteiger partial charge < -0.3 is 5.11 Å². The van der Waals surface area contributed by atoms with Gasteiger partial charge in [-0.25, -0.2) is 4.79 Å². The van der Waals surface area contributed by atoms with Gasteiger partial charge in [0, 0.05) is 11.8 Å². The zero-order valence-corrected chi connectivity index (χ0v) is 15.4. The van der Waals surface area contributed by atoms with Gasteiger partial charge in [-0.2, -0.15) is 0 Å². The summed E-state index contributed by atoms with van der Waals surface area (Å²) in [6.45, 7) is 13.3. The summed E-state index contributed by atoms with van der Waals surface area (Å²) in [7, 11) is 0. The fraction of sp³-hybridized carbons (Fsp3) is 0.364. The molecule has 1 atom stereocenters. The van der Waals surface area contributed by atoms with E-state index >= 15 is 0 Å². The van der Waals surface area contributed by atoms with Crippen molar-refractivity contribution in [1.82, 2.24) is 4.98 Å². The Bertz CT molecular complexity index is 847. The van der Waals surface area contributed by atoms with Crippen LogP contribution >= 0.6 is 0 Å². The second kappa shape index (κ2) is 6.14. The summed E-state index contributed by atoms with van der Waals surface area (Å²) in [6.07, 6.45) is 3.79. The van der Waals surface area contributed by atoms with Gasteiger partial charge in [-0.1, -0.05) is 39.5 Å². The van der Waals surface area contributed by atoms with Gasteiger partial charge in [-0.05, 0) is 65.5 Å². The van der Waals surface area contributed by atoms with E-state index < -0.39 is 5.97 Å². The summed E-state index contributed by atoms with van der Waals surface area (Å²) in [5.41, 5.74) is 7.08. The molecule has 3 rings (SSSR count). The van der Waals surface area contributed by atoms with Crippen LogP contribution < -0.4 is 0 Å². The van der Waals surface area contributed by atoms with Crippen molar-refractivity contribution in [3.05, 3.63) is 70.6 Å². The summed E-state index contributed by atoms with van der Waals surface area (Å²) in [5.74, 6) is -0.428. The fourth-order valence-corrected chi connectivity index (χ4v) is 3.75. The lowest BCUT2D eigenvalue weighted by Crippen LogP contribution is -2.26. The number of rotatable bonds is 3. The maximum Gasteiger partial charge on any atom is 0.337 e. The molecule has 130 valence electrons. The largest absolute Gasteiger partial charge is 0.478 e. The number of aromatic nitrogens is 1. The molecule has 3 nitrogen and oxygen atoms in total. The number of carbonyl (C=O) groups is 1. The van der Waals surface area contributed by atoms with Crippen molar-refractivity contribution in [3.63, 3.8) is 0 Å². The molecule has 25 heavy (non-hydrogen) atoms. The molecule has 1 aliphatic rings. The number of aromatic carboxylic acids is 1. The van der Waals surface area contributed by atoms with Gasteiger partial charge in [-0.15, -0.1) is 0 Å². The number of nitrogens with zero attached hydrogens (tertiary/aromatic N) is 1. The molecule has 0 amide bonds. The van der Waals surface area contributed by atoms with Gasteiger partial charge in [0.25, 0.3) is 0 Å². The summed E-state index contributed by atoms with van der Waals surface area (Å²) in [4.78, 5) is 15.3. The van der Waals surface area contributed by atoms with Crippen LogP contribution in [0.3, 0.4) is 0 Å². The second-order valence-corrected chi connectivity index (χ2v) is 7.79. The first-order valence-corrected chi connectivity index (χ1v) is 8.74. The van der Waals surface area contributed by atoms with Gasteiger partial charge in [0.2, 0.25) is 0 Å². The van der Waals surface area contributed by atoms with Crippen molar-refractivity contribution in [2.24, 2.45) is 0 Å². The van der Waals surface area contributed by atoms with Crippen molar-refractivity contribution in [2.75, 3.05) is 0 Å². The third kappa shape index (κ3) is 3.11. The van der Waals surface area contributed by atoms with Crippen LogP contribution in [0, 0.1) is 6.92 Å². The zero-order chi connectivity index (χ0) is 18.4. The van der Waals surface area contributed by atoms with Crippen LogP contribution in [0.5, 0.6) is 0 Å². The van der Waals surface area contributed by atoms with Crippen LogP contribution in [0.25, 0.3) is 5.57 Å². The smallest absolute Gasteiger partial charge is 0.337 e. The Morgan fingerprint density at radius 1 is 1.32 bits per heavy atom. The minimum atomic E-state index is -0.967. The van der Waals surface area contributed by atoms with Crippen LogP contribution in [0.4, 0.5) is 0 Å². The van der Waals surface area contributed by atoms with Crippen molar-refractivity contribution >= 4 is 11.5 Å². The lowest BCUT2D eigenvalue weighted by molar-refractivity contribution is 0.0696. The standard InChI is InChI=1S/C22H25NO2/c1-13-8-9-22(4,5)19-10-14(2)17(11-18(13)19)15(3)20-7-6-16(12-23-20)21(24)25/h6-7,10-13H,3,8-9H2,1-2,4-5H3,(H,24,25). The Hall–Kier alpha value is -2.42. The number of hydrogen-bond donors (Lipinski definition) is 1. The van der Waals surface area contributed by atoms with E-state index in [-0.39, 0.29) is 11.0 Å². The lowest BCUT2D eigenvalue weighted by atomic mass is 9.68. The molecule has 1 heterocycles. The van der Waals surface area contributed by atoms with Gasteiger partial charge in [0.15, 0.2) is 0 Å². The molecule has 0 saturated carbocycles. The van der Waals surface area contributed by atoms with Crippen molar-refractivity contribution in [3.8, 4) is 0 Å². The highest BCUT2D eigenvalue weighted by molar-refractivity contribution is 5.88. The van der Waals surface area contributed by atoms with Gasteiger partial charge in [0.05, 0.1) is 11.3 Å². The number of pyridine rings is 1. The average molecular weight is 335 g/mol. The fourth-order valence-electron chi connectivity index (χ4n) is 3.75. The number of aryl methyl sites for hydroxylation is 1. The average Bonchev–Trinajstić information content (AvgIpc) is 2.58. The first-order valence-electron chi connectivity index (χ1n) is 8.74. The maximum absolute atomic E-state index is 11.0. The van der Waals surface area contributed by atoms with E-state index in [1.807, 2.05) is 0 Å². The highest BCUT2D eigenvalue weighted by atomic mass is 16.4. The highest BCUT2D eigenvalue weighted by Crippen LogP contribution is 2.44. The maximum atomic E-state index is 11.0. The third-order valence-electron chi connectivity index (χ3n) is 5.50. The molecule has 0 bridgehead atoms. The molecule has 0 spiro atoms. The topological polar surface area (TPSA) is 50.2 Å². The quantitative estimate of drug-likeness (QED) is 0.825. The van der Waals surface area contributed by atoms with E-state index in [0.29, 0.717) is 5.92 Å². The Morgan fingerprint density at radius 3 is 2.64 bits per heavy atom. The van der Waals surface area contributed by atoms with Gasteiger partial charge >= 0.3 is 5.97 Å². The van der Waals surface area contributed by atoms with E-state index in [1.165, 1.54) is 35.7 Å². The van der Waals surface area contributed by atoms with Crippen LogP contribution in [-0.4, -0.2) is 16.1 Å². The van der Waals surface area contributed by atoms with E-state index in [9.17, 15) is 4.79 Å². The minimum Gasteiger partial charge on any atom is -0.478 e. The summed E-state index contributed by atoms with van der Waals surface area (Å²) in [5, 5.41) is 9.02. The molecular formula is C22H25NO2. The van der Waals surface area contributed by atoms with Crippen LogP contribution in [0.15, 0.2) is 37.0 Å². The molecule has 1 aromatic carbocycles. The summed E-state index contributed by atoms with van der Waals surface area (Å²) < 4.78 is 0. The van der Waals surface area contributed by atoms with Crippen molar-refractivity contribution < 1.29 is 9.90 Å². The molecule has 0 aliphatic heterocycles. The van der Waals surface area contributed by atoms with E-state index in [0.717, 1.165) is 16.8 Å². The zero-order valence-electron chi connectivity index (χ0n) is 15.4. The molecule has 1 unspecified atom stereocenters. The number of hydrogen-bond acceptors (Lipinski definition) is 2. The predicted molar refractivity (Wildman–Crippen MR) is 101 cm³/mol. The molecule has 3 heteroatoms. The second-order valence-electron chi connectivity index (χ2n) is 7.79. The molecule has 2 aromatic rings. The lowest BCUT2D eigenvalue weighted by Gasteiger charge is -2.37. The molecular weight excluding hydrogens is 310 g/mol. The normalized spacial score (nSPS) is 18.5. The van der Waals surface area contributed by atoms with Gasteiger partial charge in [-0.3, -0.25) is 4.98 Å². The third-order valence-corrected chi connectivity index (χ3v) is 5.50. The van der Waals surface area contributed by atoms with Crippen molar-refractivity contribution in [1.29, 1.82) is 0 Å². The molecule has 1 N–H and O–H groups in total. The van der Waals surface area contributed by atoms with E-state index in [1.54, 1.807) is 12.1 Å². The number of benzene rings is 1. The molecule has 1 aromatic heterocycles. The van der Waals surface area contributed by atoms with Crippen LogP contribution in [0.1, 0.15) is 77.8 Å². The number of carboxylic acids is 1. The Labute approximate surface area is 149 Å². The molecule has 1 aliphatic carbocycles. The van der Waals surface area contributed by atoms with Crippen LogP contribution in [-0.2, 0) is 5.41 Å². The van der Waals surface area contributed by atoms with Gasteiger partial charge in [0.1, 0.15) is 0 Å². The monoisotopic (exact) mass is 335 g/mol.